The number of methoxy groups -OCH3 is 1. The Morgan fingerprint density at radius 3 is 2.38 bits per heavy atom. The molecule has 0 aliphatic carbocycles. The van der Waals surface area contributed by atoms with E-state index in [1.165, 1.54) is 14.0 Å². The summed E-state index contributed by atoms with van der Waals surface area (Å²) in [6.07, 6.45) is 7.56. The predicted molar refractivity (Wildman–Crippen MR) is 235 cm³/mol. The van der Waals surface area contributed by atoms with Crippen LogP contribution < -0.4 is 0 Å². The second kappa shape index (κ2) is 20.4. The summed E-state index contributed by atoms with van der Waals surface area (Å²) in [5.41, 5.74) is -4.26. The molecule has 13 atom stereocenters. The highest BCUT2D eigenvalue weighted by atomic mass is 19.1. The van der Waals surface area contributed by atoms with E-state index in [4.69, 9.17) is 18.9 Å². The molecule has 0 bridgehead atoms. The van der Waals surface area contributed by atoms with Crippen molar-refractivity contribution in [3.05, 3.63) is 49.2 Å². The highest BCUT2D eigenvalue weighted by Gasteiger charge is 2.63. The van der Waals surface area contributed by atoms with Gasteiger partial charge in [-0.15, -0.1) is 0 Å². The third kappa shape index (κ3) is 10.1. The third-order valence-electron chi connectivity index (χ3n) is 13.9. The first kappa shape index (κ1) is 49.9. The summed E-state index contributed by atoms with van der Waals surface area (Å²) in [7, 11) is 5.09. The molecule has 3 saturated heterocycles. The van der Waals surface area contributed by atoms with Gasteiger partial charge in [0.15, 0.2) is 12.1 Å². The van der Waals surface area contributed by atoms with Gasteiger partial charge in [-0.05, 0) is 93.0 Å². The zero-order valence-electron chi connectivity index (χ0n) is 39.3. The van der Waals surface area contributed by atoms with Crippen molar-refractivity contribution in [3.63, 3.8) is 0 Å². The number of rotatable bonds is 13. The Bertz CT molecular complexity index is 1930. The number of likely N-dealkylation sites (N-methyl/N-ethyl adjacent to an activating group) is 1. The summed E-state index contributed by atoms with van der Waals surface area (Å²) >= 11 is 0. The lowest BCUT2D eigenvalue weighted by molar-refractivity contribution is -0.295. The highest BCUT2D eigenvalue weighted by molar-refractivity contribution is 6.08. The number of alkyl halides is 1. The zero-order valence-corrected chi connectivity index (χ0v) is 39.3. The van der Waals surface area contributed by atoms with E-state index in [1.807, 2.05) is 67.9 Å². The van der Waals surface area contributed by atoms with E-state index in [9.17, 15) is 19.5 Å². The number of esters is 1. The maximum Gasteiger partial charge on any atom is 0.351 e. The number of carbonyl (C=O) groups excluding carboxylic acids is 4. The molecule has 5 rings (SSSR count). The molecular formula is C47H71FN6O9. The fourth-order valence-electron chi connectivity index (χ4n) is 10.3. The van der Waals surface area contributed by atoms with Crippen LogP contribution in [-0.4, -0.2) is 152 Å². The number of hydrogen-bond donors (Lipinski definition) is 1. The van der Waals surface area contributed by atoms with E-state index in [2.05, 4.69) is 9.97 Å². The number of halogens is 1. The number of aromatic nitrogens is 3. The Morgan fingerprint density at radius 1 is 1.06 bits per heavy atom. The Labute approximate surface area is 372 Å². The lowest BCUT2D eigenvalue weighted by atomic mass is 9.72. The van der Waals surface area contributed by atoms with E-state index in [-0.39, 0.29) is 49.9 Å². The summed E-state index contributed by atoms with van der Waals surface area (Å²) < 4.78 is 44.1. The van der Waals surface area contributed by atoms with Gasteiger partial charge in [0.1, 0.15) is 23.5 Å². The Morgan fingerprint density at radius 2 is 1.76 bits per heavy atom. The van der Waals surface area contributed by atoms with E-state index in [0.717, 1.165) is 18.2 Å². The molecule has 0 saturated carbocycles. The second-order valence-corrected chi connectivity index (χ2v) is 18.7. The smallest absolute Gasteiger partial charge is 0.351 e. The number of aryl methyl sites for hydroxylation is 1. The molecule has 0 unspecified atom stereocenters. The number of Topliss-reactive ketones (excluding diaryl/α,β-unsaturated/α-hetero) is 2. The standard InChI is InChI=1S/C47H71FN6O9/c1-13-15-23-54-44(59)53(22-17-16-21-52-27-34(50-28-52)33-19-18-20-49-26-33)39-31(5)37(55)29(3)25-45(7,60-12)41(63-42-38(56)35(51(10)11)24-30(4)61-42)32(6)40(57)46(8,48)43(58)62-36(14-2)47(39,54)9/h13,15,18-20,26-32,35-36,38-39,41-42,56H,14,16-17,21-25H2,1-12H3/b15-13+/t29-,30-,31+,32+,35+,36-,38-,39-,41-,42+,45+,46+,47-/m1/s1. The number of imidazole rings is 1. The van der Waals surface area contributed by atoms with Gasteiger partial charge in [-0.1, -0.05) is 39.8 Å². The molecule has 16 heteroatoms. The van der Waals surface area contributed by atoms with Crippen molar-refractivity contribution in [1.82, 2.24) is 29.2 Å². The van der Waals surface area contributed by atoms with Crippen molar-refractivity contribution in [2.75, 3.05) is 34.3 Å². The lowest BCUT2D eigenvalue weighted by Crippen LogP contribution is -2.64. The Kier molecular flexibility index (Phi) is 16.2. The molecular weight excluding hydrogens is 812 g/mol. The molecule has 350 valence electrons. The minimum absolute atomic E-state index is 0.0146. The van der Waals surface area contributed by atoms with Crippen molar-refractivity contribution >= 4 is 23.6 Å². The first-order valence-electron chi connectivity index (χ1n) is 22.5. The summed E-state index contributed by atoms with van der Waals surface area (Å²) in [6.45, 7) is 15.9. The van der Waals surface area contributed by atoms with Crippen LogP contribution in [0, 0.1) is 17.8 Å². The molecule has 2 aromatic heterocycles. The maximum atomic E-state index is 17.2. The van der Waals surface area contributed by atoms with E-state index >= 15 is 9.18 Å². The number of carbonyl (C=O) groups is 4. The number of unbranched alkanes of at least 4 members (excludes halogenated alkanes) is 1. The van der Waals surface area contributed by atoms with Gasteiger partial charge in [-0.2, -0.15) is 0 Å². The number of pyridine rings is 1. The highest BCUT2D eigenvalue weighted by Crippen LogP contribution is 2.45. The number of ketones is 2. The van der Waals surface area contributed by atoms with Crippen LogP contribution in [0.3, 0.4) is 0 Å². The summed E-state index contributed by atoms with van der Waals surface area (Å²) in [5.74, 6) is -5.60. The van der Waals surface area contributed by atoms with Crippen LogP contribution in [0.25, 0.3) is 11.3 Å². The van der Waals surface area contributed by atoms with Crippen LogP contribution in [0.4, 0.5) is 9.18 Å². The molecule has 3 fully saturated rings. The van der Waals surface area contributed by atoms with Gasteiger partial charge in [0.05, 0.1) is 35.9 Å². The number of allylic oxidation sites excluding steroid dienone is 1. The van der Waals surface area contributed by atoms with Gasteiger partial charge in [0.2, 0.25) is 0 Å². The molecule has 0 radical (unpaired) electrons. The van der Waals surface area contributed by atoms with Crippen LogP contribution in [0.1, 0.15) is 94.4 Å². The van der Waals surface area contributed by atoms with Crippen LogP contribution in [0.2, 0.25) is 0 Å². The summed E-state index contributed by atoms with van der Waals surface area (Å²) in [6, 6.07) is 2.27. The third-order valence-corrected chi connectivity index (χ3v) is 13.9. The number of urea groups is 1. The van der Waals surface area contributed by atoms with Crippen molar-refractivity contribution in [2.45, 2.75) is 161 Å². The van der Waals surface area contributed by atoms with Gasteiger partial charge < -0.3 is 43.3 Å². The topological polar surface area (TPSA) is 166 Å². The number of cyclic esters (lactones) is 1. The van der Waals surface area contributed by atoms with E-state index in [1.54, 1.807) is 63.1 Å². The second-order valence-electron chi connectivity index (χ2n) is 18.7. The molecule has 1 N–H and O–H groups in total. The number of nitrogens with zero attached hydrogens (tertiary/aromatic N) is 6. The SMILES string of the molecule is C/C=C/CN1C(=O)N(CCCCn2cnc(-c3cccnc3)c2)[C@@H]2[C@@H](C)C(=O)[C@H](C)C[C@](C)(OC)[C@H](O[C@@H]3O[C@H](C)C[C@H](N(C)C)[C@H]3O)[C@@H](C)C(=O)[C@](C)(F)C(=O)O[C@H](CC)[C@]21C. The molecule has 2 aromatic rings. The van der Waals surface area contributed by atoms with E-state index in [0.29, 0.717) is 25.8 Å². The van der Waals surface area contributed by atoms with E-state index < -0.39 is 77.0 Å². The first-order valence-corrected chi connectivity index (χ1v) is 22.5. The quantitative estimate of drug-likeness (QED) is 0.110. The average molecular weight is 883 g/mol. The maximum absolute atomic E-state index is 17.2. The van der Waals surface area contributed by atoms with Gasteiger partial charge in [0.25, 0.3) is 5.67 Å². The van der Waals surface area contributed by atoms with Crippen molar-refractivity contribution < 1.29 is 47.6 Å². The fourth-order valence-corrected chi connectivity index (χ4v) is 10.3. The predicted octanol–water partition coefficient (Wildman–Crippen LogP) is 5.88. The van der Waals surface area contributed by atoms with Crippen molar-refractivity contribution in [1.29, 1.82) is 0 Å². The average Bonchev–Trinajstić information content (AvgIpc) is 3.81. The normalized spacial score (nSPS) is 36.2. The number of amides is 2. The molecule has 63 heavy (non-hydrogen) atoms. The minimum Gasteiger partial charge on any atom is -0.457 e. The van der Waals surface area contributed by atoms with Gasteiger partial charge in [-0.3, -0.25) is 14.6 Å². The monoisotopic (exact) mass is 883 g/mol. The number of hydrogen-bond acceptors (Lipinski definition) is 12. The molecule has 0 aromatic carbocycles. The first-order chi connectivity index (χ1) is 29.7. The lowest BCUT2D eigenvalue weighted by Gasteiger charge is -2.48. The van der Waals surface area contributed by atoms with Crippen molar-refractivity contribution in [3.8, 4) is 11.3 Å². The Hall–Kier alpha value is -4.09. The number of aliphatic hydroxyl groups excluding tert-OH is 1. The zero-order chi connectivity index (χ0) is 46.6. The largest absolute Gasteiger partial charge is 0.457 e. The molecule has 5 heterocycles. The summed E-state index contributed by atoms with van der Waals surface area (Å²) in [5, 5.41) is 11.5. The molecule has 2 amide bonds. The molecule has 15 nitrogen and oxygen atoms in total. The number of fused-ring (bicyclic) bond motifs is 1. The van der Waals surface area contributed by atoms with Gasteiger partial charge in [0, 0.05) is 74.7 Å². The van der Waals surface area contributed by atoms with Gasteiger partial charge >= 0.3 is 12.0 Å². The van der Waals surface area contributed by atoms with Crippen LogP contribution in [0.5, 0.6) is 0 Å². The van der Waals surface area contributed by atoms with Crippen LogP contribution in [-0.2, 0) is 39.9 Å². The van der Waals surface area contributed by atoms with Gasteiger partial charge in [-0.25, -0.2) is 19.0 Å². The number of ether oxygens (including phenoxy) is 4. The molecule has 0 spiro atoms. The molecule has 3 aliphatic rings. The van der Waals surface area contributed by atoms with Crippen molar-refractivity contribution in [2.24, 2.45) is 17.8 Å². The fraction of sp³-hybridized carbons (Fsp3) is 0.702. The Balaban J connectivity index is 1.53. The number of aliphatic hydroxyl groups is 1. The summed E-state index contributed by atoms with van der Waals surface area (Å²) in [4.78, 5) is 72.5. The minimum atomic E-state index is -3.17. The van der Waals surface area contributed by atoms with Crippen LogP contribution in [0.15, 0.2) is 49.2 Å². The molecule has 3 aliphatic heterocycles. The van der Waals surface area contributed by atoms with Crippen LogP contribution >= 0.6 is 0 Å².